The van der Waals surface area contributed by atoms with Gasteiger partial charge in [0.2, 0.25) is 0 Å². The van der Waals surface area contributed by atoms with E-state index in [1.165, 1.54) is 17.5 Å². The van der Waals surface area contributed by atoms with Gasteiger partial charge in [0, 0.05) is 5.38 Å². The van der Waals surface area contributed by atoms with E-state index in [9.17, 15) is 0 Å². The fourth-order valence-corrected chi connectivity index (χ4v) is 2.17. The molecule has 0 amide bonds. The maximum atomic E-state index is 6.12. The van der Waals surface area contributed by atoms with E-state index in [2.05, 4.69) is 31.2 Å². The van der Waals surface area contributed by atoms with Crippen molar-refractivity contribution in [2.75, 3.05) is 0 Å². The minimum atomic E-state index is 0.234. The second-order valence-corrected chi connectivity index (χ2v) is 5.52. The first-order chi connectivity index (χ1) is 8.11. The number of hydrogen-bond donors (Lipinski definition) is 0. The van der Waals surface area contributed by atoms with Crippen molar-refractivity contribution in [2.24, 2.45) is 5.92 Å². The largest absolute Gasteiger partial charge is 0.123 e. The molecule has 2 radical (unpaired) electrons. The lowest BCUT2D eigenvalue weighted by Crippen LogP contribution is -1.98. The minimum absolute atomic E-state index is 0.234. The quantitative estimate of drug-likeness (QED) is 0.603. The molecule has 0 aliphatic heterocycles. The molecule has 0 fully saturated rings. The van der Waals surface area contributed by atoms with E-state index in [0.717, 1.165) is 25.7 Å². The Balaban J connectivity index is 2.43. The molecule has 0 aromatic heterocycles. The van der Waals surface area contributed by atoms with Crippen LogP contribution in [0.25, 0.3) is 0 Å². The second-order valence-electron chi connectivity index (χ2n) is 4.90. The van der Waals surface area contributed by atoms with E-state index >= 15 is 0 Å². The van der Waals surface area contributed by atoms with Gasteiger partial charge in [-0.25, -0.2) is 0 Å². The van der Waals surface area contributed by atoms with E-state index in [1.54, 1.807) is 0 Å². The van der Waals surface area contributed by atoms with Crippen molar-refractivity contribution in [3.63, 3.8) is 0 Å². The molecular weight excluding hydrogens is 228 g/mol. The minimum Gasteiger partial charge on any atom is -0.123 e. The summed E-state index contributed by atoms with van der Waals surface area (Å²) >= 11 is 6.12. The fourth-order valence-electron chi connectivity index (χ4n) is 2.02. The van der Waals surface area contributed by atoms with Crippen LogP contribution in [0.2, 0.25) is 0 Å². The molecule has 0 spiro atoms. The normalized spacial score (nSPS) is 13.0. The molecule has 1 heteroatoms. The first kappa shape index (κ1) is 14.6. The van der Waals surface area contributed by atoms with Crippen LogP contribution in [0.5, 0.6) is 0 Å². The van der Waals surface area contributed by atoms with Crippen LogP contribution in [0.15, 0.2) is 24.3 Å². The van der Waals surface area contributed by atoms with Crippen LogP contribution in [0.3, 0.4) is 0 Å². The number of alkyl halides is 1. The Morgan fingerprint density at radius 1 is 1.29 bits per heavy atom. The highest BCUT2D eigenvalue weighted by Crippen LogP contribution is 2.15. The first-order valence-electron chi connectivity index (χ1n) is 6.59. The van der Waals surface area contributed by atoms with E-state index in [-0.39, 0.29) is 5.92 Å². The summed E-state index contributed by atoms with van der Waals surface area (Å²) in [6.45, 7) is 10.0. The molecule has 94 valence electrons. The average molecular weight is 251 g/mol. The van der Waals surface area contributed by atoms with Gasteiger partial charge >= 0.3 is 0 Å². The predicted octanol–water partition coefficient (Wildman–Crippen LogP) is 4.92. The number of benzene rings is 1. The van der Waals surface area contributed by atoms with Gasteiger partial charge in [-0.3, -0.25) is 0 Å². The van der Waals surface area contributed by atoms with Gasteiger partial charge in [0.15, 0.2) is 0 Å². The molecule has 0 saturated heterocycles. The van der Waals surface area contributed by atoms with Gasteiger partial charge in [-0.1, -0.05) is 38.1 Å². The van der Waals surface area contributed by atoms with Gasteiger partial charge < -0.3 is 0 Å². The Kier molecular flexibility index (Phi) is 6.65. The zero-order valence-electron chi connectivity index (χ0n) is 11.0. The van der Waals surface area contributed by atoms with Crippen LogP contribution >= 0.6 is 11.6 Å². The Hall–Kier alpha value is -0.490. The van der Waals surface area contributed by atoms with Gasteiger partial charge in [0.1, 0.15) is 0 Å². The van der Waals surface area contributed by atoms with Crippen molar-refractivity contribution in [3.05, 3.63) is 42.3 Å². The lowest BCUT2D eigenvalue weighted by Gasteiger charge is -2.09. The topological polar surface area (TPSA) is 0 Å². The number of rotatable bonds is 7. The summed E-state index contributed by atoms with van der Waals surface area (Å²) in [5.74, 6) is 0.234. The Morgan fingerprint density at radius 2 is 2.00 bits per heavy atom. The molecular formula is C16H23Cl. The molecule has 0 heterocycles. The van der Waals surface area contributed by atoms with Crippen LogP contribution in [0.4, 0.5) is 0 Å². The third-order valence-corrected chi connectivity index (χ3v) is 3.50. The van der Waals surface area contributed by atoms with E-state index in [4.69, 9.17) is 18.5 Å². The van der Waals surface area contributed by atoms with Gasteiger partial charge in [0.25, 0.3) is 0 Å². The van der Waals surface area contributed by atoms with Crippen molar-refractivity contribution in [1.29, 1.82) is 0 Å². The zero-order valence-corrected chi connectivity index (χ0v) is 11.7. The number of hydrogen-bond acceptors (Lipinski definition) is 0. The summed E-state index contributed by atoms with van der Waals surface area (Å²) in [4.78, 5) is 0. The molecule has 1 rings (SSSR count). The summed E-state index contributed by atoms with van der Waals surface area (Å²) < 4.78 is 0. The van der Waals surface area contributed by atoms with Crippen molar-refractivity contribution in [1.82, 2.24) is 0 Å². The van der Waals surface area contributed by atoms with E-state index < -0.39 is 0 Å². The van der Waals surface area contributed by atoms with Crippen LogP contribution in [0.1, 0.15) is 44.2 Å². The molecule has 1 aromatic rings. The van der Waals surface area contributed by atoms with Crippen molar-refractivity contribution >= 4 is 11.6 Å². The Morgan fingerprint density at radius 3 is 2.65 bits per heavy atom. The van der Waals surface area contributed by atoms with Crippen LogP contribution in [0, 0.1) is 12.8 Å². The SMILES string of the molecule is [CH]C(C)Cc1cccc(CCCC(Cl)CC)c1. The average Bonchev–Trinajstić information content (AvgIpc) is 2.28. The van der Waals surface area contributed by atoms with Crippen molar-refractivity contribution < 1.29 is 0 Å². The fraction of sp³-hybridized carbons (Fsp3) is 0.562. The highest BCUT2D eigenvalue weighted by Gasteiger charge is 2.03. The molecule has 0 saturated carbocycles. The van der Waals surface area contributed by atoms with E-state index in [0.29, 0.717) is 5.38 Å². The summed E-state index contributed by atoms with van der Waals surface area (Å²) in [5.41, 5.74) is 2.75. The molecule has 0 bridgehead atoms. The maximum Gasteiger partial charge on any atom is 0.0333 e. The Labute approximate surface area is 111 Å². The van der Waals surface area contributed by atoms with E-state index in [1.807, 2.05) is 6.92 Å². The molecule has 0 nitrogen and oxygen atoms in total. The van der Waals surface area contributed by atoms with Crippen LogP contribution in [-0.4, -0.2) is 5.38 Å². The standard InChI is InChI=1S/C16H23Cl/c1-4-16(17)10-6-8-14-7-5-9-15(12-14)11-13(2)3/h2,5,7,9,12-13,16H,4,6,8,10-11H2,1,3H3. The number of halogens is 1. The molecule has 0 aliphatic carbocycles. The molecule has 2 atom stereocenters. The highest BCUT2D eigenvalue weighted by molar-refractivity contribution is 6.20. The molecule has 0 N–H and O–H groups in total. The van der Waals surface area contributed by atoms with Gasteiger partial charge in [-0.2, -0.15) is 0 Å². The van der Waals surface area contributed by atoms with Crippen LogP contribution < -0.4 is 0 Å². The monoisotopic (exact) mass is 250 g/mol. The summed E-state index contributed by atoms with van der Waals surface area (Å²) in [5, 5.41) is 0.335. The van der Waals surface area contributed by atoms with Gasteiger partial charge in [-0.05, 0) is 56.1 Å². The third-order valence-electron chi connectivity index (χ3n) is 2.97. The van der Waals surface area contributed by atoms with Crippen molar-refractivity contribution in [3.8, 4) is 0 Å². The zero-order chi connectivity index (χ0) is 12.7. The summed E-state index contributed by atoms with van der Waals surface area (Å²) in [6.07, 6.45) is 5.42. The second kappa shape index (κ2) is 7.76. The smallest absolute Gasteiger partial charge is 0.0333 e. The van der Waals surface area contributed by atoms with Crippen LogP contribution in [-0.2, 0) is 12.8 Å². The maximum absolute atomic E-state index is 6.12. The summed E-state index contributed by atoms with van der Waals surface area (Å²) in [7, 11) is 0. The summed E-state index contributed by atoms with van der Waals surface area (Å²) in [6, 6.07) is 8.76. The molecule has 17 heavy (non-hydrogen) atoms. The predicted molar refractivity (Wildman–Crippen MR) is 76.5 cm³/mol. The highest BCUT2D eigenvalue weighted by atomic mass is 35.5. The first-order valence-corrected chi connectivity index (χ1v) is 7.03. The molecule has 2 unspecified atom stereocenters. The molecule has 0 aliphatic rings. The van der Waals surface area contributed by atoms with Crippen molar-refractivity contribution in [2.45, 2.75) is 51.3 Å². The lowest BCUT2D eigenvalue weighted by atomic mass is 9.99. The Bertz CT molecular complexity index is 317. The lowest BCUT2D eigenvalue weighted by molar-refractivity contribution is 0.673. The van der Waals surface area contributed by atoms with Gasteiger partial charge in [0.05, 0.1) is 0 Å². The third kappa shape index (κ3) is 6.12. The molecule has 1 aromatic carbocycles. The van der Waals surface area contributed by atoms with Gasteiger partial charge in [-0.15, -0.1) is 11.6 Å². The number of aryl methyl sites for hydroxylation is 1.